The predicted molar refractivity (Wildman–Crippen MR) is 236 cm³/mol. The van der Waals surface area contributed by atoms with Crippen molar-refractivity contribution >= 4 is 19.8 Å². The minimum absolute atomic E-state index is 0.0461. The summed E-state index contributed by atoms with van der Waals surface area (Å²) in [4.78, 5) is 35.4. The lowest BCUT2D eigenvalue weighted by atomic mass is 10.1. The van der Waals surface area contributed by atoms with Crippen LogP contribution in [0.5, 0.6) is 0 Å². The Labute approximate surface area is 349 Å². The molecule has 0 aliphatic carbocycles. The number of phosphoric ester groups is 1. The van der Waals surface area contributed by atoms with Crippen LogP contribution in [0, 0.1) is 0 Å². The van der Waals surface area contributed by atoms with E-state index in [1.165, 1.54) is 89.9 Å². The van der Waals surface area contributed by atoms with Crippen LogP contribution in [0.3, 0.4) is 0 Å². The van der Waals surface area contributed by atoms with Crippen LogP contribution in [0.4, 0.5) is 0 Å². The first-order chi connectivity index (χ1) is 27.8. The second-order valence-corrected chi connectivity index (χ2v) is 16.8. The van der Waals surface area contributed by atoms with Gasteiger partial charge in [-0.2, -0.15) is 0 Å². The number of nitrogens with one attached hydrogen (secondary N) is 2. The number of esters is 2. The van der Waals surface area contributed by atoms with Crippen molar-refractivity contribution in [1.29, 1.82) is 0 Å². The van der Waals surface area contributed by atoms with Gasteiger partial charge in [0.1, 0.15) is 6.61 Å². The largest absolute Gasteiger partial charge is 0.472 e. The Morgan fingerprint density at radius 1 is 0.561 bits per heavy atom. The minimum Gasteiger partial charge on any atom is -0.462 e. The summed E-state index contributed by atoms with van der Waals surface area (Å²) in [6.45, 7) is 6.75. The molecular weight excluding hydrogens is 741 g/mol. The van der Waals surface area contributed by atoms with E-state index in [1.54, 1.807) is 0 Å². The van der Waals surface area contributed by atoms with Crippen molar-refractivity contribution in [2.75, 3.05) is 52.5 Å². The molecule has 0 saturated heterocycles. The molecule has 0 aromatic carbocycles. The maximum Gasteiger partial charge on any atom is 0.472 e. The van der Waals surface area contributed by atoms with E-state index < -0.39 is 26.5 Å². The lowest BCUT2D eigenvalue weighted by Crippen LogP contribution is -2.32. The van der Waals surface area contributed by atoms with Gasteiger partial charge in [0.15, 0.2) is 6.10 Å². The van der Waals surface area contributed by atoms with Gasteiger partial charge < -0.3 is 30.7 Å². The van der Waals surface area contributed by atoms with E-state index in [-0.39, 0.29) is 32.0 Å². The molecule has 0 aromatic heterocycles. The molecule has 0 aliphatic heterocycles. The van der Waals surface area contributed by atoms with Crippen molar-refractivity contribution in [1.82, 2.24) is 10.6 Å². The fraction of sp³-hybridized carbons (Fsp3) is 0.867. The molecule has 0 radical (unpaired) electrons. The highest BCUT2D eigenvalue weighted by atomic mass is 31.2. The van der Waals surface area contributed by atoms with E-state index in [2.05, 4.69) is 48.8 Å². The zero-order valence-electron chi connectivity index (χ0n) is 36.7. The molecule has 0 spiro atoms. The molecule has 2 unspecified atom stereocenters. The van der Waals surface area contributed by atoms with Gasteiger partial charge in [0.2, 0.25) is 0 Å². The van der Waals surface area contributed by atoms with Gasteiger partial charge in [-0.05, 0) is 64.2 Å². The maximum atomic E-state index is 12.7. The van der Waals surface area contributed by atoms with Crippen LogP contribution < -0.4 is 16.4 Å². The highest BCUT2D eigenvalue weighted by Gasteiger charge is 2.26. The van der Waals surface area contributed by atoms with E-state index in [9.17, 15) is 19.0 Å². The van der Waals surface area contributed by atoms with E-state index >= 15 is 0 Å². The fourth-order valence-electron chi connectivity index (χ4n) is 6.28. The van der Waals surface area contributed by atoms with Gasteiger partial charge in [0, 0.05) is 45.6 Å². The molecule has 0 amide bonds. The standard InChI is InChI=1S/C45H88N3O8P/c1-3-5-7-9-11-13-15-17-19-21-23-25-27-29-31-33-44(49)53-41-43(42-55-57(51,52)54-40-39-48-38-37-47-36-35-46)56-45(50)34-32-30-28-26-24-22-20-18-16-14-12-10-8-6-4-2/h17-20,43,47-48H,3-16,21-42,46H2,1-2H3,(H,51,52)/b19-17-,20-18-. The van der Waals surface area contributed by atoms with Gasteiger partial charge >= 0.3 is 19.8 Å². The molecule has 0 heterocycles. The molecule has 11 nitrogen and oxygen atoms in total. The summed E-state index contributed by atoms with van der Waals surface area (Å²) in [5.74, 6) is -0.836. The molecular formula is C45H88N3O8P. The number of carbonyl (C=O) groups excluding carboxylic acids is 2. The Bertz CT molecular complexity index is 1000. The quantitative estimate of drug-likeness (QED) is 0.0200. The zero-order chi connectivity index (χ0) is 41.8. The number of ether oxygens (including phenoxy) is 2. The molecule has 2 atom stereocenters. The van der Waals surface area contributed by atoms with Gasteiger partial charge in [-0.15, -0.1) is 0 Å². The summed E-state index contributed by atoms with van der Waals surface area (Å²) in [5.41, 5.74) is 5.45. The van der Waals surface area contributed by atoms with Crippen molar-refractivity contribution in [2.24, 2.45) is 5.73 Å². The number of phosphoric acid groups is 1. The summed E-state index contributed by atoms with van der Waals surface area (Å²) < 4.78 is 33.7. The molecule has 336 valence electrons. The van der Waals surface area contributed by atoms with Crippen molar-refractivity contribution in [3.63, 3.8) is 0 Å². The molecule has 57 heavy (non-hydrogen) atoms. The molecule has 12 heteroatoms. The second-order valence-electron chi connectivity index (χ2n) is 15.3. The molecule has 0 aliphatic rings. The van der Waals surface area contributed by atoms with Crippen LogP contribution in [0.15, 0.2) is 24.3 Å². The third-order valence-electron chi connectivity index (χ3n) is 9.77. The first-order valence-electron chi connectivity index (χ1n) is 23.2. The molecule has 0 bridgehead atoms. The molecule has 0 fully saturated rings. The molecule has 5 N–H and O–H groups in total. The smallest absolute Gasteiger partial charge is 0.462 e. The Kier molecular flexibility index (Phi) is 42.7. The van der Waals surface area contributed by atoms with E-state index in [1.807, 2.05) is 0 Å². The summed E-state index contributed by atoms with van der Waals surface area (Å²) >= 11 is 0. The molecule has 0 saturated carbocycles. The number of hydrogen-bond donors (Lipinski definition) is 4. The van der Waals surface area contributed by atoms with Gasteiger partial charge in [-0.25, -0.2) is 4.57 Å². The van der Waals surface area contributed by atoms with Crippen LogP contribution in [0.25, 0.3) is 0 Å². The van der Waals surface area contributed by atoms with Gasteiger partial charge in [0.05, 0.1) is 13.2 Å². The number of carbonyl (C=O) groups is 2. The third-order valence-corrected chi connectivity index (χ3v) is 10.8. The molecule has 0 rings (SSSR count). The van der Waals surface area contributed by atoms with Crippen LogP contribution in [-0.4, -0.2) is 75.5 Å². The van der Waals surface area contributed by atoms with Crippen LogP contribution in [0.1, 0.15) is 194 Å². The van der Waals surface area contributed by atoms with E-state index in [0.29, 0.717) is 39.1 Å². The fourth-order valence-corrected chi connectivity index (χ4v) is 7.03. The summed E-state index contributed by atoms with van der Waals surface area (Å²) in [6.07, 6.45) is 39.1. The minimum atomic E-state index is -4.42. The topological polar surface area (TPSA) is 158 Å². The van der Waals surface area contributed by atoms with Crippen LogP contribution in [0.2, 0.25) is 0 Å². The Morgan fingerprint density at radius 2 is 0.982 bits per heavy atom. The zero-order valence-corrected chi connectivity index (χ0v) is 37.6. The Morgan fingerprint density at radius 3 is 1.46 bits per heavy atom. The second kappa shape index (κ2) is 44.0. The van der Waals surface area contributed by atoms with Crippen molar-refractivity contribution in [3.8, 4) is 0 Å². The van der Waals surface area contributed by atoms with Crippen LogP contribution in [-0.2, 0) is 32.7 Å². The average molecular weight is 830 g/mol. The summed E-state index contributed by atoms with van der Waals surface area (Å²) in [5, 5.41) is 6.24. The van der Waals surface area contributed by atoms with Gasteiger partial charge in [-0.3, -0.25) is 18.6 Å². The van der Waals surface area contributed by atoms with Crippen LogP contribution >= 0.6 is 7.82 Å². The van der Waals surface area contributed by atoms with Crippen molar-refractivity contribution in [3.05, 3.63) is 24.3 Å². The van der Waals surface area contributed by atoms with E-state index in [4.69, 9.17) is 24.3 Å². The number of hydrogen-bond acceptors (Lipinski definition) is 10. The number of rotatable bonds is 45. The SMILES string of the molecule is CCCCCCCC/C=C\CCCCCCCC(=O)OCC(COP(=O)(O)OCCNCCNCCN)OC(=O)CCCCCCC/C=C\CCCCCCCC. The van der Waals surface area contributed by atoms with E-state index in [0.717, 1.165) is 70.6 Å². The monoisotopic (exact) mass is 830 g/mol. The van der Waals surface area contributed by atoms with Gasteiger partial charge in [0.25, 0.3) is 0 Å². The normalized spacial score (nSPS) is 13.4. The maximum absolute atomic E-state index is 12.7. The summed E-state index contributed by atoms with van der Waals surface area (Å²) in [6, 6.07) is 0. The number of nitrogens with two attached hydrogens (primary N) is 1. The number of unbranched alkanes of at least 4 members (excludes halogenated alkanes) is 22. The first kappa shape index (κ1) is 55.4. The lowest BCUT2D eigenvalue weighted by Gasteiger charge is -2.20. The van der Waals surface area contributed by atoms with Crippen molar-refractivity contribution < 1.29 is 37.6 Å². The van der Waals surface area contributed by atoms with Gasteiger partial charge in [-0.1, -0.05) is 141 Å². The lowest BCUT2D eigenvalue weighted by molar-refractivity contribution is -0.161. The number of allylic oxidation sites excluding steroid dienone is 4. The first-order valence-corrected chi connectivity index (χ1v) is 24.7. The average Bonchev–Trinajstić information content (AvgIpc) is 3.19. The van der Waals surface area contributed by atoms with Crippen molar-refractivity contribution in [2.45, 2.75) is 200 Å². The third kappa shape index (κ3) is 43.8. The summed E-state index contributed by atoms with van der Waals surface area (Å²) in [7, 11) is -4.42. The Hall–Kier alpha value is -1.59. The highest BCUT2D eigenvalue weighted by Crippen LogP contribution is 2.43. The predicted octanol–water partition coefficient (Wildman–Crippen LogP) is 10.8. The Balaban J connectivity index is 4.43. The molecule has 0 aromatic rings. The highest BCUT2D eigenvalue weighted by molar-refractivity contribution is 7.47.